The van der Waals surface area contributed by atoms with Crippen LogP contribution in [-0.2, 0) is 6.54 Å². The van der Waals surface area contributed by atoms with E-state index in [1.54, 1.807) is 31.9 Å². The van der Waals surface area contributed by atoms with Crippen molar-refractivity contribution >= 4 is 0 Å². The van der Waals surface area contributed by atoms with Gasteiger partial charge < -0.3 is 9.30 Å². The van der Waals surface area contributed by atoms with Crippen LogP contribution in [0.5, 0.6) is 6.01 Å². The minimum absolute atomic E-state index is 0.295. The quantitative estimate of drug-likeness (QED) is 0.697. The molecule has 0 amide bonds. The molecule has 3 rings (SSSR count). The summed E-state index contributed by atoms with van der Waals surface area (Å²) < 4.78 is 9.05. The number of rotatable bonds is 6. The number of hydrogen-bond donors (Lipinski definition) is 0. The van der Waals surface area contributed by atoms with E-state index in [0.717, 1.165) is 24.4 Å². The lowest BCUT2D eigenvalue weighted by Gasteiger charge is -2.16. The summed E-state index contributed by atoms with van der Waals surface area (Å²) in [5.74, 6) is 0.857. The molecule has 0 saturated carbocycles. The molecule has 0 radical (unpaired) electrons. The molecule has 3 heterocycles. The third kappa shape index (κ3) is 2.98. The topological polar surface area (TPSA) is 70.7 Å². The molecule has 7 nitrogen and oxygen atoms in total. The molecule has 0 saturated heterocycles. The van der Waals surface area contributed by atoms with Gasteiger partial charge in [0.2, 0.25) is 0 Å². The molecular formula is C15H18N6O. The number of hydrogen-bond acceptors (Lipinski definition) is 5. The zero-order valence-electron chi connectivity index (χ0n) is 12.6. The van der Waals surface area contributed by atoms with Crippen LogP contribution in [0.1, 0.15) is 19.4 Å². The van der Waals surface area contributed by atoms with Gasteiger partial charge in [-0.1, -0.05) is 0 Å². The molecule has 0 N–H and O–H groups in total. The molecule has 0 aliphatic heterocycles. The largest absolute Gasteiger partial charge is 0.467 e. The number of aromatic nitrogens is 6. The Hall–Kier alpha value is -2.70. The second-order valence-electron chi connectivity index (χ2n) is 5.02. The lowest BCUT2D eigenvalue weighted by molar-refractivity contribution is 0.380. The summed E-state index contributed by atoms with van der Waals surface area (Å²) in [6.45, 7) is 3.03. The molecule has 0 aliphatic rings. The van der Waals surface area contributed by atoms with Crippen LogP contribution in [-0.4, -0.2) is 36.4 Å². The van der Waals surface area contributed by atoms with Gasteiger partial charge in [0.1, 0.15) is 5.82 Å². The van der Waals surface area contributed by atoms with Crippen molar-refractivity contribution < 1.29 is 4.74 Å². The van der Waals surface area contributed by atoms with Crippen LogP contribution in [0.4, 0.5) is 0 Å². The Balaban J connectivity index is 1.75. The van der Waals surface area contributed by atoms with E-state index in [9.17, 15) is 0 Å². The van der Waals surface area contributed by atoms with Gasteiger partial charge >= 0.3 is 6.01 Å². The van der Waals surface area contributed by atoms with Crippen LogP contribution in [0.15, 0.2) is 43.2 Å². The van der Waals surface area contributed by atoms with Gasteiger partial charge in [0.05, 0.1) is 12.7 Å². The number of aryl methyl sites for hydroxylation is 1. The summed E-state index contributed by atoms with van der Waals surface area (Å²) in [6.07, 6.45) is 12.0. The molecule has 0 spiro atoms. The zero-order chi connectivity index (χ0) is 15.4. The van der Waals surface area contributed by atoms with E-state index < -0.39 is 0 Å². The predicted octanol–water partition coefficient (Wildman–Crippen LogP) is 2.20. The molecule has 0 unspecified atom stereocenters. The van der Waals surface area contributed by atoms with E-state index in [1.165, 1.54) is 0 Å². The van der Waals surface area contributed by atoms with E-state index in [-0.39, 0.29) is 0 Å². The summed E-state index contributed by atoms with van der Waals surface area (Å²) in [5, 5.41) is 4.23. The fourth-order valence-electron chi connectivity index (χ4n) is 2.32. The van der Waals surface area contributed by atoms with Crippen LogP contribution in [0.3, 0.4) is 0 Å². The standard InChI is InChI=1S/C15H18N6O/c1-12(4-8-20-7-3-5-19-20)21-9-6-16-14(21)13-10-17-15(22-2)18-11-13/h3,5-7,9-12H,4,8H2,1-2H3/t12-/m1/s1. The first-order valence-corrected chi connectivity index (χ1v) is 7.14. The van der Waals surface area contributed by atoms with Gasteiger partial charge in [-0.25, -0.2) is 15.0 Å². The van der Waals surface area contributed by atoms with Crippen LogP contribution >= 0.6 is 0 Å². The van der Waals surface area contributed by atoms with Crippen molar-refractivity contribution in [2.45, 2.75) is 25.9 Å². The monoisotopic (exact) mass is 298 g/mol. The Morgan fingerprint density at radius 2 is 1.95 bits per heavy atom. The highest BCUT2D eigenvalue weighted by molar-refractivity contribution is 5.52. The lowest BCUT2D eigenvalue weighted by atomic mass is 10.2. The van der Waals surface area contributed by atoms with Gasteiger partial charge in [0.25, 0.3) is 0 Å². The Morgan fingerprint density at radius 3 is 2.64 bits per heavy atom. The highest BCUT2D eigenvalue weighted by Gasteiger charge is 2.13. The summed E-state index contributed by atoms with van der Waals surface area (Å²) in [6, 6.07) is 2.58. The Kier molecular flexibility index (Phi) is 4.13. The van der Waals surface area contributed by atoms with Gasteiger partial charge in [-0.15, -0.1) is 0 Å². The summed E-state index contributed by atoms with van der Waals surface area (Å²) >= 11 is 0. The van der Waals surface area contributed by atoms with E-state index in [1.807, 2.05) is 23.1 Å². The molecule has 0 bridgehead atoms. The lowest BCUT2D eigenvalue weighted by Crippen LogP contribution is -2.10. The Bertz CT molecular complexity index is 704. The summed E-state index contributed by atoms with van der Waals surface area (Å²) in [5.41, 5.74) is 0.872. The highest BCUT2D eigenvalue weighted by Crippen LogP contribution is 2.22. The number of imidazole rings is 1. The van der Waals surface area contributed by atoms with E-state index >= 15 is 0 Å². The van der Waals surface area contributed by atoms with Crippen molar-refractivity contribution in [3.8, 4) is 17.4 Å². The number of methoxy groups -OCH3 is 1. The van der Waals surface area contributed by atoms with Crippen LogP contribution in [0.25, 0.3) is 11.4 Å². The van der Waals surface area contributed by atoms with Gasteiger partial charge in [-0.05, 0) is 19.4 Å². The van der Waals surface area contributed by atoms with Crippen LogP contribution in [0.2, 0.25) is 0 Å². The summed E-state index contributed by atoms with van der Waals surface area (Å²) in [4.78, 5) is 12.7. The SMILES string of the molecule is COc1ncc(-c2nccn2[C@H](C)CCn2cccn2)cn1. The maximum absolute atomic E-state index is 4.98. The minimum Gasteiger partial charge on any atom is -0.467 e. The highest BCUT2D eigenvalue weighted by atomic mass is 16.5. The maximum atomic E-state index is 4.98. The Labute approximate surface area is 128 Å². The third-order valence-corrected chi connectivity index (χ3v) is 3.55. The van der Waals surface area contributed by atoms with Crippen molar-refractivity contribution in [2.75, 3.05) is 7.11 Å². The molecular weight excluding hydrogens is 280 g/mol. The van der Waals surface area contributed by atoms with Crippen molar-refractivity contribution in [3.05, 3.63) is 43.2 Å². The van der Waals surface area contributed by atoms with E-state index in [0.29, 0.717) is 12.1 Å². The van der Waals surface area contributed by atoms with E-state index in [2.05, 4.69) is 31.5 Å². The predicted molar refractivity (Wildman–Crippen MR) is 81.4 cm³/mol. The van der Waals surface area contributed by atoms with Crippen molar-refractivity contribution in [1.82, 2.24) is 29.3 Å². The fourth-order valence-corrected chi connectivity index (χ4v) is 2.32. The van der Waals surface area contributed by atoms with Crippen molar-refractivity contribution in [3.63, 3.8) is 0 Å². The first kappa shape index (κ1) is 14.2. The molecule has 7 heteroatoms. The smallest absolute Gasteiger partial charge is 0.316 e. The second-order valence-corrected chi connectivity index (χ2v) is 5.02. The average molecular weight is 298 g/mol. The Morgan fingerprint density at radius 1 is 1.14 bits per heavy atom. The molecule has 114 valence electrons. The second kappa shape index (κ2) is 6.38. The van der Waals surface area contributed by atoms with Crippen LogP contribution in [0, 0.1) is 0 Å². The molecule has 0 fully saturated rings. The van der Waals surface area contributed by atoms with E-state index in [4.69, 9.17) is 4.74 Å². The van der Waals surface area contributed by atoms with Gasteiger partial charge in [0, 0.05) is 49.8 Å². The molecule has 0 aliphatic carbocycles. The minimum atomic E-state index is 0.295. The third-order valence-electron chi connectivity index (χ3n) is 3.55. The van der Waals surface area contributed by atoms with Gasteiger partial charge in [-0.3, -0.25) is 4.68 Å². The van der Waals surface area contributed by atoms with Gasteiger partial charge in [-0.2, -0.15) is 5.10 Å². The normalized spacial score (nSPS) is 12.3. The first-order chi connectivity index (χ1) is 10.8. The van der Waals surface area contributed by atoms with Gasteiger partial charge in [0.15, 0.2) is 0 Å². The molecule has 22 heavy (non-hydrogen) atoms. The maximum Gasteiger partial charge on any atom is 0.316 e. The fraction of sp³-hybridized carbons (Fsp3) is 0.333. The molecule has 3 aromatic rings. The van der Waals surface area contributed by atoms with Crippen molar-refractivity contribution in [1.29, 1.82) is 0 Å². The number of ether oxygens (including phenoxy) is 1. The molecule has 3 aromatic heterocycles. The molecule has 1 atom stereocenters. The van der Waals surface area contributed by atoms with Crippen molar-refractivity contribution in [2.24, 2.45) is 0 Å². The average Bonchev–Trinajstić information content (AvgIpc) is 3.24. The first-order valence-electron chi connectivity index (χ1n) is 7.14. The van der Waals surface area contributed by atoms with Crippen LogP contribution < -0.4 is 4.74 Å². The summed E-state index contributed by atoms with van der Waals surface area (Å²) in [7, 11) is 1.55. The zero-order valence-corrected chi connectivity index (χ0v) is 12.6. The number of nitrogens with zero attached hydrogens (tertiary/aromatic N) is 6. The molecule has 0 aromatic carbocycles.